The first-order valence-corrected chi connectivity index (χ1v) is 9.69. The summed E-state index contributed by atoms with van der Waals surface area (Å²) in [5.41, 5.74) is 0.876. The van der Waals surface area contributed by atoms with Crippen LogP contribution in [0.5, 0.6) is 17.2 Å². The van der Waals surface area contributed by atoms with Crippen molar-refractivity contribution in [1.29, 1.82) is 0 Å². The van der Waals surface area contributed by atoms with Crippen molar-refractivity contribution in [2.75, 3.05) is 21.3 Å². The van der Waals surface area contributed by atoms with E-state index in [2.05, 4.69) is 5.32 Å². The summed E-state index contributed by atoms with van der Waals surface area (Å²) in [4.78, 5) is 12.7. The van der Waals surface area contributed by atoms with Crippen molar-refractivity contribution in [3.8, 4) is 17.2 Å². The van der Waals surface area contributed by atoms with E-state index in [1.54, 1.807) is 21.3 Å². The van der Waals surface area contributed by atoms with E-state index in [1.165, 1.54) is 32.1 Å². The van der Waals surface area contributed by atoms with Gasteiger partial charge in [0, 0.05) is 6.04 Å². The standard InChI is InChI=1S/C21H29NO4/c1-24-17-9-14(10-18(25-2)21(17)26-3)11-19(23)22-20-15-5-12-4-13(7-15)8-16(20)6-12/h9-10,12-13,15-16,20H,4-8,11H2,1-3H3,(H,22,23). The predicted octanol–water partition coefficient (Wildman–Crippen LogP) is 3.20. The number of rotatable bonds is 6. The molecule has 1 aromatic carbocycles. The van der Waals surface area contributed by atoms with Gasteiger partial charge in [0.1, 0.15) is 0 Å². The lowest BCUT2D eigenvalue weighted by atomic mass is 9.54. The molecule has 4 saturated carbocycles. The monoisotopic (exact) mass is 359 g/mol. The molecule has 1 aromatic rings. The number of hydrogen-bond donors (Lipinski definition) is 1. The van der Waals surface area contributed by atoms with Crippen LogP contribution in [0.4, 0.5) is 0 Å². The minimum Gasteiger partial charge on any atom is -0.493 e. The normalized spacial score (nSPS) is 31.6. The number of methoxy groups -OCH3 is 3. The van der Waals surface area contributed by atoms with Gasteiger partial charge in [-0.3, -0.25) is 4.79 Å². The van der Waals surface area contributed by atoms with Crippen LogP contribution in [0.2, 0.25) is 0 Å². The maximum absolute atomic E-state index is 12.7. The molecular weight excluding hydrogens is 330 g/mol. The van der Waals surface area contributed by atoms with Gasteiger partial charge < -0.3 is 19.5 Å². The summed E-state index contributed by atoms with van der Waals surface area (Å²) in [6.45, 7) is 0. The Morgan fingerprint density at radius 2 is 1.46 bits per heavy atom. The first kappa shape index (κ1) is 17.5. The van der Waals surface area contributed by atoms with E-state index in [0.29, 0.717) is 41.5 Å². The zero-order valence-corrected chi connectivity index (χ0v) is 15.9. The van der Waals surface area contributed by atoms with E-state index >= 15 is 0 Å². The molecular formula is C21H29NO4. The van der Waals surface area contributed by atoms with Gasteiger partial charge in [-0.1, -0.05) is 0 Å². The van der Waals surface area contributed by atoms with E-state index in [1.807, 2.05) is 12.1 Å². The highest BCUT2D eigenvalue weighted by Gasteiger charge is 2.48. The molecule has 5 nitrogen and oxygen atoms in total. The van der Waals surface area contributed by atoms with Gasteiger partial charge in [0.05, 0.1) is 27.8 Å². The van der Waals surface area contributed by atoms with Crippen molar-refractivity contribution < 1.29 is 19.0 Å². The number of carbonyl (C=O) groups is 1. The van der Waals surface area contributed by atoms with Crippen LogP contribution < -0.4 is 19.5 Å². The van der Waals surface area contributed by atoms with E-state index in [9.17, 15) is 4.79 Å². The number of hydrogen-bond acceptors (Lipinski definition) is 4. The lowest BCUT2D eigenvalue weighted by Gasteiger charge is -2.54. The zero-order chi connectivity index (χ0) is 18.3. The first-order valence-electron chi connectivity index (χ1n) is 9.69. The summed E-state index contributed by atoms with van der Waals surface area (Å²) in [6.07, 6.45) is 6.99. The molecule has 0 heterocycles. The highest BCUT2D eigenvalue weighted by atomic mass is 16.5. The molecule has 26 heavy (non-hydrogen) atoms. The first-order chi connectivity index (χ1) is 12.6. The van der Waals surface area contributed by atoms with Crippen LogP contribution in [0, 0.1) is 23.7 Å². The summed E-state index contributed by atoms with van der Waals surface area (Å²) in [7, 11) is 4.77. The summed E-state index contributed by atoms with van der Waals surface area (Å²) >= 11 is 0. The Morgan fingerprint density at radius 3 is 1.92 bits per heavy atom. The van der Waals surface area contributed by atoms with Gasteiger partial charge in [0.2, 0.25) is 11.7 Å². The van der Waals surface area contributed by atoms with E-state index < -0.39 is 0 Å². The molecule has 1 amide bonds. The average Bonchev–Trinajstić information content (AvgIpc) is 2.63. The van der Waals surface area contributed by atoms with Crippen molar-refractivity contribution in [2.45, 2.75) is 44.6 Å². The largest absolute Gasteiger partial charge is 0.493 e. The summed E-state index contributed by atoms with van der Waals surface area (Å²) < 4.78 is 16.1. The third-order valence-electron chi connectivity index (χ3n) is 6.64. The number of ether oxygens (including phenoxy) is 3. The number of benzene rings is 1. The molecule has 0 aromatic heterocycles. The third kappa shape index (κ3) is 3.12. The zero-order valence-electron chi connectivity index (χ0n) is 15.9. The van der Waals surface area contributed by atoms with Crippen LogP contribution in [0.1, 0.15) is 37.7 Å². The van der Waals surface area contributed by atoms with Crippen LogP contribution in [0.3, 0.4) is 0 Å². The molecule has 0 atom stereocenters. The van der Waals surface area contributed by atoms with Crippen LogP contribution in [0.25, 0.3) is 0 Å². The second kappa shape index (κ2) is 7.01. The number of nitrogens with one attached hydrogen (secondary N) is 1. The fraction of sp³-hybridized carbons (Fsp3) is 0.667. The molecule has 4 aliphatic rings. The highest BCUT2D eigenvalue weighted by Crippen LogP contribution is 2.53. The Balaban J connectivity index is 1.45. The molecule has 4 fully saturated rings. The molecule has 0 spiro atoms. The molecule has 142 valence electrons. The topological polar surface area (TPSA) is 56.8 Å². The summed E-state index contributed by atoms with van der Waals surface area (Å²) in [6, 6.07) is 4.09. The van der Waals surface area contributed by atoms with Crippen molar-refractivity contribution >= 4 is 5.91 Å². The van der Waals surface area contributed by atoms with Crippen molar-refractivity contribution in [3.05, 3.63) is 17.7 Å². The Hall–Kier alpha value is -1.91. The minimum atomic E-state index is 0.0942. The van der Waals surface area contributed by atoms with Gasteiger partial charge in [-0.15, -0.1) is 0 Å². The number of amides is 1. The molecule has 0 aliphatic heterocycles. The van der Waals surface area contributed by atoms with E-state index in [-0.39, 0.29) is 5.91 Å². The molecule has 0 saturated heterocycles. The molecule has 5 rings (SSSR count). The smallest absolute Gasteiger partial charge is 0.224 e. The molecule has 4 aliphatic carbocycles. The lowest BCUT2D eigenvalue weighted by molar-refractivity contribution is -0.124. The van der Waals surface area contributed by atoms with E-state index in [4.69, 9.17) is 14.2 Å². The summed E-state index contributed by atoms with van der Waals surface area (Å²) in [5.74, 6) is 5.04. The maximum atomic E-state index is 12.7. The number of carbonyl (C=O) groups excluding carboxylic acids is 1. The molecule has 4 bridgehead atoms. The Labute approximate surface area is 155 Å². The predicted molar refractivity (Wildman–Crippen MR) is 98.8 cm³/mol. The van der Waals surface area contributed by atoms with Gasteiger partial charge >= 0.3 is 0 Å². The fourth-order valence-electron chi connectivity index (χ4n) is 5.82. The van der Waals surface area contributed by atoms with E-state index in [0.717, 1.165) is 17.4 Å². The van der Waals surface area contributed by atoms with Crippen molar-refractivity contribution in [1.82, 2.24) is 5.32 Å². The minimum absolute atomic E-state index is 0.0942. The Bertz CT molecular complexity index is 634. The van der Waals surface area contributed by atoms with Gasteiger partial charge in [-0.25, -0.2) is 0 Å². The molecule has 5 heteroatoms. The van der Waals surface area contributed by atoms with Crippen molar-refractivity contribution in [3.63, 3.8) is 0 Å². The molecule has 0 unspecified atom stereocenters. The quantitative estimate of drug-likeness (QED) is 0.847. The van der Waals surface area contributed by atoms with Crippen molar-refractivity contribution in [2.24, 2.45) is 23.7 Å². The average molecular weight is 359 g/mol. The SMILES string of the molecule is COc1cc(CC(=O)NC2C3CC4CC(C3)CC2C4)cc(OC)c1OC. The Morgan fingerprint density at radius 1 is 0.923 bits per heavy atom. The maximum Gasteiger partial charge on any atom is 0.224 e. The van der Waals surface area contributed by atoms with Gasteiger partial charge in [-0.2, -0.15) is 0 Å². The van der Waals surface area contributed by atoms with Crippen LogP contribution in [0.15, 0.2) is 12.1 Å². The summed E-state index contributed by atoms with van der Waals surface area (Å²) in [5, 5.41) is 3.36. The lowest BCUT2D eigenvalue weighted by Crippen LogP contribution is -2.56. The van der Waals surface area contributed by atoms with Crippen LogP contribution in [-0.2, 0) is 11.2 Å². The van der Waals surface area contributed by atoms with Crippen LogP contribution >= 0.6 is 0 Å². The van der Waals surface area contributed by atoms with Gasteiger partial charge in [0.25, 0.3) is 0 Å². The Kier molecular flexibility index (Phi) is 4.72. The second-order valence-corrected chi connectivity index (χ2v) is 8.23. The van der Waals surface area contributed by atoms with Gasteiger partial charge in [0.15, 0.2) is 11.5 Å². The fourth-order valence-corrected chi connectivity index (χ4v) is 5.82. The molecule has 1 N–H and O–H groups in total. The highest BCUT2D eigenvalue weighted by molar-refractivity contribution is 5.79. The van der Waals surface area contributed by atoms with Crippen LogP contribution in [-0.4, -0.2) is 33.3 Å². The second-order valence-electron chi connectivity index (χ2n) is 8.23. The third-order valence-corrected chi connectivity index (χ3v) is 6.64. The van der Waals surface area contributed by atoms with Gasteiger partial charge in [-0.05, 0) is 73.5 Å². The molecule has 0 radical (unpaired) electrons.